The van der Waals surface area contributed by atoms with Crippen LogP contribution in [-0.2, 0) is 22.6 Å². The number of guanidine groups is 1. The van der Waals surface area contributed by atoms with Gasteiger partial charge in [-0.15, -0.1) is 24.0 Å². The molecule has 3 aliphatic heterocycles. The lowest BCUT2D eigenvalue weighted by Crippen LogP contribution is -2.53. The van der Waals surface area contributed by atoms with Crippen LogP contribution in [0.4, 0.5) is 0 Å². The van der Waals surface area contributed by atoms with Crippen molar-refractivity contribution in [3.63, 3.8) is 0 Å². The van der Waals surface area contributed by atoms with Gasteiger partial charge in [0.1, 0.15) is 6.10 Å². The molecule has 0 radical (unpaired) electrons. The molecule has 7 heteroatoms. The minimum atomic E-state index is 0. The van der Waals surface area contributed by atoms with Crippen LogP contribution < -0.4 is 5.32 Å². The van der Waals surface area contributed by atoms with Crippen LogP contribution in [0, 0.1) is 0 Å². The second kappa shape index (κ2) is 13.7. The Kier molecular flexibility index (Phi) is 11.0. The highest BCUT2D eigenvalue weighted by Gasteiger charge is 2.32. The van der Waals surface area contributed by atoms with Crippen molar-refractivity contribution in [2.45, 2.75) is 70.7 Å². The molecule has 180 valence electrons. The molecule has 3 saturated heterocycles. The van der Waals surface area contributed by atoms with Crippen molar-refractivity contribution in [3.8, 4) is 0 Å². The Morgan fingerprint density at radius 1 is 0.969 bits per heavy atom. The molecule has 1 N–H and O–H groups in total. The Balaban J connectivity index is 0.00000289. The highest BCUT2D eigenvalue weighted by atomic mass is 127. The van der Waals surface area contributed by atoms with Gasteiger partial charge in [-0.1, -0.05) is 37.1 Å². The van der Waals surface area contributed by atoms with E-state index in [4.69, 9.17) is 14.5 Å². The second-order valence-electron chi connectivity index (χ2n) is 9.04. The molecule has 1 aromatic rings. The van der Waals surface area contributed by atoms with Crippen LogP contribution >= 0.6 is 24.0 Å². The van der Waals surface area contributed by atoms with E-state index in [0.717, 1.165) is 58.2 Å². The van der Waals surface area contributed by atoms with E-state index in [9.17, 15) is 0 Å². The third kappa shape index (κ3) is 7.30. The van der Waals surface area contributed by atoms with Crippen molar-refractivity contribution in [3.05, 3.63) is 35.4 Å². The number of benzene rings is 1. The van der Waals surface area contributed by atoms with E-state index in [1.807, 2.05) is 0 Å². The number of hydrogen-bond donors (Lipinski definition) is 1. The maximum Gasteiger partial charge on any atom is 0.194 e. The van der Waals surface area contributed by atoms with Gasteiger partial charge in [-0.25, -0.2) is 4.99 Å². The smallest absolute Gasteiger partial charge is 0.194 e. The Bertz CT molecular complexity index is 703. The molecule has 0 aromatic heterocycles. The molecule has 32 heavy (non-hydrogen) atoms. The minimum Gasteiger partial charge on any atom is -0.375 e. The number of rotatable bonds is 6. The lowest BCUT2D eigenvalue weighted by atomic mass is 10.1. The summed E-state index contributed by atoms with van der Waals surface area (Å²) in [4.78, 5) is 10.0. The summed E-state index contributed by atoms with van der Waals surface area (Å²) in [5.41, 5.74) is 2.76. The molecule has 3 aliphatic rings. The minimum absolute atomic E-state index is 0. The van der Waals surface area contributed by atoms with Crippen molar-refractivity contribution in [2.24, 2.45) is 4.99 Å². The summed E-state index contributed by atoms with van der Waals surface area (Å²) in [7, 11) is 0. The molecule has 0 spiro atoms. The molecular weight excluding hydrogens is 515 g/mol. The van der Waals surface area contributed by atoms with Gasteiger partial charge in [-0.2, -0.15) is 0 Å². The summed E-state index contributed by atoms with van der Waals surface area (Å²) >= 11 is 0. The largest absolute Gasteiger partial charge is 0.375 e. The molecule has 0 aliphatic carbocycles. The number of aliphatic imine (C=N–C) groups is 1. The van der Waals surface area contributed by atoms with Gasteiger partial charge in [-0.3, -0.25) is 4.90 Å². The lowest BCUT2D eigenvalue weighted by Gasteiger charge is -2.37. The Labute approximate surface area is 211 Å². The number of ether oxygens (including phenoxy) is 2. The van der Waals surface area contributed by atoms with E-state index in [1.165, 1.54) is 49.9 Å². The molecule has 2 atom stereocenters. The number of hydrogen-bond acceptors (Lipinski definition) is 4. The van der Waals surface area contributed by atoms with Crippen molar-refractivity contribution < 1.29 is 9.47 Å². The zero-order valence-electron chi connectivity index (χ0n) is 19.6. The maximum absolute atomic E-state index is 6.04. The zero-order valence-corrected chi connectivity index (χ0v) is 22.0. The third-order valence-corrected chi connectivity index (χ3v) is 6.72. The van der Waals surface area contributed by atoms with Gasteiger partial charge >= 0.3 is 0 Å². The van der Waals surface area contributed by atoms with Gasteiger partial charge in [0.15, 0.2) is 5.96 Å². The lowest BCUT2D eigenvalue weighted by molar-refractivity contribution is -0.0817. The Hall–Kier alpha value is -0.900. The fraction of sp³-hybridized carbons (Fsp3) is 0.720. The van der Waals surface area contributed by atoms with Crippen molar-refractivity contribution in [2.75, 3.05) is 45.9 Å². The first-order valence-electron chi connectivity index (χ1n) is 12.4. The van der Waals surface area contributed by atoms with E-state index in [2.05, 4.69) is 46.3 Å². The first-order valence-corrected chi connectivity index (χ1v) is 12.4. The van der Waals surface area contributed by atoms with Crippen LogP contribution in [0.2, 0.25) is 0 Å². The fourth-order valence-electron chi connectivity index (χ4n) is 4.98. The number of halogens is 1. The third-order valence-electron chi connectivity index (χ3n) is 6.72. The van der Waals surface area contributed by atoms with Crippen molar-refractivity contribution in [1.82, 2.24) is 15.1 Å². The molecule has 3 heterocycles. The van der Waals surface area contributed by atoms with Crippen molar-refractivity contribution >= 4 is 29.9 Å². The molecular formula is C25H41IN4O2. The highest BCUT2D eigenvalue weighted by molar-refractivity contribution is 14.0. The van der Waals surface area contributed by atoms with E-state index in [-0.39, 0.29) is 36.2 Å². The van der Waals surface area contributed by atoms with Gasteiger partial charge < -0.3 is 19.7 Å². The highest BCUT2D eigenvalue weighted by Crippen LogP contribution is 2.21. The molecule has 3 fully saturated rings. The molecule has 0 saturated carbocycles. The second-order valence-corrected chi connectivity index (χ2v) is 9.04. The molecule has 4 rings (SSSR count). The SMILES string of the molecule is CCNC(=NCc1ccccc1CN1CCCCCC1)N1CCOC(C2CCCO2)C1.I. The van der Waals surface area contributed by atoms with Crippen LogP contribution in [0.1, 0.15) is 56.6 Å². The van der Waals surface area contributed by atoms with Gasteiger partial charge in [-0.05, 0) is 56.8 Å². The molecule has 2 unspecified atom stereocenters. The van der Waals surface area contributed by atoms with Gasteiger partial charge in [0.2, 0.25) is 0 Å². The van der Waals surface area contributed by atoms with Crippen LogP contribution in [0.15, 0.2) is 29.3 Å². The topological polar surface area (TPSA) is 49.3 Å². The molecule has 0 bridgehead atoms. The Morgan fingerprint density at radius 3 is 2.44 bits per heavy atom. The summed E-state index contributed by atoms with van der Waals surface area (Å²) in [6.45, 7) is 10.5. The number of likely N-dealkylation sites (tertiary alicyclic amines) is 1. The number of nitrogens with zero attached hydrogens (tertiary/aromatic N) is 3. The van der Waals surface area contributed by atoms with Gasteiger partial charge in [0.25, 0.3) is 0 Å². The van der Waals surface area contributed by atoms with Gasteiger partial charge in [0, 0.05) is 32.8 Å². The first-order chi connectivity index (χ1) is 15.3. The van der Waals surface area contributed by atoms with Crippen molar-refractivity contribution in [1.29, 1.82) is 0 Å². The predicted octanol–water partition coefficient (Wildman–Crippen LogP) is 4.03. The summed E-state index contributed by atoms with van der Waals surface area (Å²) in [5.74, 6) is 0.998. The van der Waals surface area contributed by atoms with E-state index in [1.54, 1.807) is 0 Å². The molecule has 0 amide bonds. The first kappa shape index (κ1) is 25.7. The monoisotopic (exact) mass is 556 g/mol. The maximum atomic E-state index is 6.04. The van der Waals surface area contributed by atoms with Crippen LogP contribution in [0.5, 0.6) is 0 Å². The van der Waals surface area contributed by atoms with E-state index in [0.29, 0.717) is 6.54 Å². The summed E-state index contributed by atoms with van der Waals surface area (Å²) in [5, 5.41) is 3.51. The summed E-state index contributed by atoms with van der Waals surface area (Å²) in [6.07, 6.45) is 8.04. The van der Waals surface area contributed by atoms with E-state index >= 15 is 0 Å². The number of nitrogens with one attached hydrogen (secondary N) is 1. The van der Waals surface area contributed by atoms with Gasteiger partial charge in [0.05, 0.1) is 19.3 Å². The molecule has 6 nitrogen and oxygen atoms in total. The average Bonchev–Trinajstić information content (AvgIpc) is 3.23. The number of morpholine rings is 1. The predicted molar refractivity (Wildman–Crippen MR) is 141 cm³/mol. The van der Waals surface area contributed by atoms with Crippen LogP contribution in [0.3, 0.4) is 0 Å². The van der Waals surface area contributed by atoms with E-state index < -0.39 is 0 Å². The average molecular weight is 557 g/mol. The normalized spacial score (nSPS) is 25.3. The Morgan fingerprint density at radius 2 is 1.72 bits per heavy atom. The standard InChI is InChI=1S/C25H40N4O2.HI/c1-2-26-25(29-15-17-31-24(20-29)23-12-9-16-30-23)27-18-21-10-5-6-11-22(21)19-28-13-7-3-4-8-14-28;/h5-6,10-11,23-24H,2-4,7-9,12-20H2,1H3,(H,26,27);1H. The summed E-state index contributed by atoms with van der Waals surface area (Å²) in [6, 6.07) is 8.84. The zero-order chi connectivity index (χ0) is 21.3. The summed E-state index contributed by atoms with van der Waals surface area (Å²) < 4.78 is 11.9. The molecule has 1 aromatic carbocycles. The quantitative estimate of drug-likeness (QED) is 0.326. The fourth-order valence-corrected chi connectivity index (χ4v) is 4.98. The van der Waals surface area contributed by atoms with Crippen LogP contribution in [-0.4, -0.2) is 73.9 Å². The van der Waals surface area contributed by atoms with Crippen LogP contribution in [0.25, 0.3) is 0 Å².